The molecule has 0 aliphatic carbocycles. The first kappa shape index (κ1) is 34.4. The molecule has 1 aromatic heterocycles. The molecule has 282 valence electrons. The Morgan fingerprint density at radius 2 is 0.817 bits per heavy atom. The number of benzene rings is 11. The van der Waals surface area contributed by atoms with E-state index in [-0.39, 0.29) is 0 Å². The second-order valence-corrected chi connectivity index (χ2v) is 15.8. The van der Waals surface area contributed by atoms with Crippen LogP contribution in [0.3, 0.4) is 0 Å². The fourth-order valence-corrected chi connectivity index (χ4v) is 9.74. The summed E-state index contributed by atoms with van der Waals surface area (Å²) < 4.78 is 8.18. The number of aromatic nitrogens is 1. The van der Waals surface area contributed by atoms with E-state index in [4.69, 9.17) is 4.74 Å². The van der Waals surface area contributed by atoms with Gasteiger partial charge in [0.2, 0.25) is 0 Å². The summed E-state index contributed by atoms with van der Waals surface area (Å²) in [4.78, 5) is 0. The number of hydrogen-bond acceptors (Lipinski definition) is 1. The first-order valence-electron chi connectivity index (χ1n) is 20.9. The van der Waals surface area contributed by atoms with Crippen LogP contribution < -0.4 is 4.74 Å². The van der Waals surface area contributed by atoms with Gasteiger partial charge >= 0.3 is 0 Å². The van der Waals surface area contributed by atoms with Crippen LogP contribution in [0.4, 0.5) is 0 Å². The van der Waals surface area contributed by atoms with Gasteiger partial charge in [0.1, 0.15) is 5.75 Å². The summed E-state index contributed by atoms with van der Waals surface area (Å²) in [5, 5.41) is 15.2. The van der Waals surface area contributed by atoms with Crippen LogP contribution in [0.2, 0.25) is 0 Å². The van der Waals surface area contributed by atoms with Crippen molar-refractivity contribution in [3.63, 3.8) is 0 Å². The SMILES string of the molecule is CCOc1ccc(-c2cc3ccccc3c3cc(-c4ccc(-c5ccc6c(c5)c5ccccc5n6-c5ccc6c7ccccc7c7ccccc7c6c5)cc4)ccc23)cc1. The maximum atomic E-state index is 5.74. The number of rotatable bonds is 6. The van der Waals surface area contributed by atoms with Gasteiger partial charge < -0.3 is 9.30 Å². The minimum absolute atomic E-state index is 0.658. The Hall–Kier alpha value is -7.68. The Balaban J connectivity index is 0.937. The number of fused-ring (bicyclic) bond motifs is 12. The summed E-state index contributed by atoms with van der Waals surface area (Å²) in [6.45, 7) is 2.68. The van der Waals surface area contributed by atoms with E-state index in [9.17, 15) is 0 Å². The van der Waals surface area contributed by atoms with Crippen molar-refractivity contribution in [2.75, 3.05) is 6.61 Å². The zero-order valence-electron chi connectivity index (χ0n) is 33.2. The van der Waals surface area contributed by atoms with Gasteiger partial charge in [-0.1, -0.05) is 152 Å². The van der Waals surface area contributed by atoms with Crippen molar-refractivity contribution in [2.45, 2.75) is 6.92 Å². The highest BCUT2D eigenvalue weighted by atomic mass is 16.5. The molecule has 0 aliphatic heterocycles. The van der Waals surface area contributed by atoms with Gasteiger partial charge in [0.05, 0.1) is 17.6 Å². The number of hydrogen-bond donors (Lipinski definition) is 0. The molecule has 0 amide bonds. The van der Waals surface area contributed by atoms with Crippen LogP contribution in [-0.2, 0) is 0 Å². The average molecular weight is 766 g/mol. The minimum atomic E-state index is 0.658. The van der Waals surface area contributed by atoms with E-state index in [1.807, 2.05) is 6.92 Å². The lowest BCUT2D eigenvalue weighted by Crippen LogP contribution is -1.94. The fourth-order valence-electron chi connectivity index (χ4n) is 9.74. The number of para-hydroxylation sites is 1. The molecule has 0 radical (unpaired) electrons. The molecule has 0 spiro atoms. The topological polar surface area (TPSA) is 14.2 Å². The molecule has 0 bridgehead atoms. The molecular weight excluding hydrogens is 727 g/mol. The molecule has 0 saturated carbocycles. The van der Waals surface area contributed by atoms with Crippen LogP contribution in [0.1, 0.15) is 6.92 Å². The van der Waals surface area contributed by atoms with Crippen molar-refractivity contribution >= 4 is 75.7 Å². The quantitative estimate of drug-likeness (QED) is 0.154. The Morgan fingerprint density at radius 3 is 1.50 bits per heavy atom. The van der Waals surface area contributed by atoms with E-state index in [0.29, 0.717) is 6.61 Å². The molecule has 0 atom stereocenters. The van der Waals surface area contributed by atoms with Crippen molar-refractivity contribution in [3.8, 4) is 44.8 Å². The zero-order valence-corrected chi connectivity index (χ0v) is 33.2. The molecule has 12 rings (SSSR count). The highest BCUT2D eigenvalue weighted by molar-refractivity contribution is 6.26. The Kier molecular flexibility index (Phi) is 7.86. The van der Waals surface area contributed by atoms with Crippen LogP contribution >= 0.6 is 0 Å². The largest absolute Gasteiger partial charge is 0.494 e. The average Bonchev–Trinajstić information content (AvgIpc) is 3.65. The molecule has 0 saturated heterocycles. The van der Waals surface area contributed by atoms with Crippen molar-refractivity contribution in [2.24, 2.45) is 0 Å². The molecule has 0 unspecified atom stereocenters. The number of ether oxygens (including phenoxy) is 1. The molecule has 2 nitrogen and oxygen atoms in total. The maximum absolute atomic E-state index is 5.74. The van der Waals surface area contributed by atoms with Crippen LogP contribution in [-0.4, -0.2) is 11.2 Å². The lowest BCUT2D eigenvalue weighted by molar-refractivity contribution is 0.340. The van der Waals surface area contributed by atoms with Crippen LogP contribution in [0.15, 0.2) is 206 Å². The van der Waals surface area contributed by atoms with Crippen molar-refractivity contribution in [1.29, 1.82) is 0 Å². The third kappa shape index (κ3) is 5.42. The molecule has 1 heterocycles. The van der Waals surface area contributed by atoms with Gasteiger partial charge in [-0.2, -0.15) is 0 Å². The summed E-state index contributed by atoms with van der Waals surface area (Å²) in [7, 11) is 0. The van der Waals surface area contributed by atoms with Gasteiger partial charge in [-0.05, 0) is 149 Å². The zero-order chi connectivity index (χ0) is 39.7. The maximum Gasteiger partial charge on any atom is 0.119 e. The number of nitrogens with zero attached hydrogens (tertiary/aromatic N) is 1. The second-order valence-electron chi connectivity index (χ2n) is 15.8. The molecule has 12 aromatic rings. The molecule has 0 aliphatic rings. The predicted octanol–water partition coefficient (Wildman–Crippen LogP) is 15.9. The van der Waals surface area contributed by atoms with E-state index in [2.05, 4.69) is 211 Å². The van der Waals surface area contributed by atoms with Crippen LogP contribution in [0, 0.1) is 0 Å². The van der Waals surface area contributed by atoms with Crippen LogP contribution in [0.5, 0.6) is 5.75 Å². The molecule has 60 heavy (non-hydrogen) atoms. The van der Waals surface area contributed by atoms with E-state index in [1.165, 1.54) is 115 Å². The molecule has 2 heteroatoms. The lowest BCUT2D eigenvalue weighted by atomic mass is 9.91. The summed E-state index contributed by atoms with van der Waals surface area (Å²) in [5.41, 5.74) is 10.8. The molecule has 11 aromatic carbocycles. The lowest BCUT2D eigenvalue weighted by Gasteiger charge is -2.14. The standard InChI is InChI=1S/C58H39NO/c1-2-60-44-28-23-39(24-29-44)53-35-42-11-3-4-12-45(42)54-33-40(25-30-51(53)54)37-19-21-38(22-20-37)41-26-32-58-56(34-41)52-17-9-10-18-57(52)59(58)43-27-31-50-48-15-6-5-13-46(48)47-14-7-8-16-49(47)55(50)36-43/h3-36H,2H2,1H3. The third-order valence-electron chi connectivity index (χ3n) is 12.5. The van der Waals surface area contributed by atoms with Gasteiger partial charge in [0, 0.05) is 16.5 Å². The van der Waals surface area contributed by atoms with E-state index in [0.717, 1.165) is 5.75 Å². The minimum Gasteiger partial charge on any atom is -0.494 e. The second kappa shape index (κ2) is 13.7. The van der Waals surface area contributed by atoms with Gasteiger partial charge in [0.25, 0.3) is 0 Å². The first-order valence-corrected chi connectivity index (χ1v) is 20.9. The van der Waals surface area contributed by atoms with E-state index >= 15 is 0 Å². The van der Waals surface area contributed by atoms with E-state index in [1.54, 1.807) is 0 Å². The van der Waals surface area contributed by atoms with Crippen molar-refractivity contribution in [3.05, 3.63) is 206 Å². The summed E-state index contributed by atoms with van der Waals surface area (Å²) in [6, 6.07) is 75.9. The molecule has 0 N–H and O–H groups in total. The summed E-state index contributed by atoms with van der Waals surface area (Å²) in [5.74, 6) is 0.896. The first-order chi connectivity index (χ1) is 29.7. The Bertz CT molecular complexity index is 3610. The molecular formula is C58H39NO. The fraction of sp³-hybridized carbons (Fsp3) is 0.0345. The van der Waals surface area contributed by atoms with Gasteiger partial charge in [-0.3, -0.25) is 0 Å². The summed E-state index contributed by atoms with van der Waals surface area (Å²) >= 11 is 0. The smallest absolute Gasteiger partial charge is 0.119 e. The van der Waals surface area contributed by atoms with Gasteiger partial charge in [-0.15, -0.1) is 0 Å². The van der Waals surface area contributed by atoms with Gasteiger partial charge in [0.15, 0.2) is 0 Å². The van der Waals surface area contributed by atoms with Gasteiger partial charge in [-0.25, -0.2) is 0 Å². The third-order valence-corrected chi connectivity index (χ3v) is 12.5. The highest BCUT2D eigenvalue weighted by Crippen LogP contribution is 2.41. The summed E-state index contributed by atoms with van der Waals surface area (Å²) in [6.07, 6.45) is 0. The normalized spacial score (nSPS) is 11.8. The highest BCUT2D eigenvalue weighted by Gasteiger charge is 2.16. The Morgan fingerprint density at radius 1 is 0.333 bits per heavy atom. The monoisotopic (exact) mass is 765 g/mol. The van der Waals surface area contributed by atoms with E-state index < -0.39 is 0 Å². The van der Waals surface area contributed by atoms with Crippen LogP contribution in [0.25, 0.3) is 115 Å². The Labute approximate surface area is 348 Å². The predicted molar refractivity (Wildman–Crippen MR) is 256 cm³/mol. The van der Waals surface area contributed by atoms with Crippen molar-refractivity contribution in [1.82, 2.24) is 4.57 Å². The van der Waals surface area contributed by atoms with Crippen molar-refractivity contribution < 1.29 is 4.74 Å². The molecule has 0 fully saturated rings.